The van der Waals surface area contributed by atoms with Crippen LogP contribution in [0.2, 0.25) is 0 Å². The molecule has 0 atom stereocenters. The number of halogens is 1. The van der Waals surface area contributed by atoms with Crippen molar-refractivity contribution in [2.75, 3.05) is 13.2 Å². The molecule has 0 aliphatic carbocycles. The third-order valence-electron chi connectivity index (χ3n) is 4.00. The number of nitrogens with zero attached hydrogens (tertiary/aromatic N) is 4. The molecule has 30 heavy (non-hydrogen) atoms. The Morgan fingerprint density at radius 2 is 1.90 bits per heavy atom. The zero-order valence-corrected chi connectivity index (χ0v) is 17.1. The van der Waals surface area contributed by atoms with E-state index in [-0.39, 0.29) is 23.9 Å². The smallest absolute Gasteiger partial charge is 0.253 e. The second-order valence-electron chi connectivity index (χ2n) is 7.47. The van der Waals surface area contributed by atoms with Crippen LogP contribution in [0, 0.1) is 5.82 Å². The summed E-state index contributed by atoms with van der Waals surface area (Å²) in [5.41, 5.74) is 0.866. The van der Waals surface area contributed by atoms with E-state index >= 15 is 0 Å². The number of hydrogen-bond donors (Lipinski definition) is 1. The first-order valence-corrected chi connectivity index (χ1v) is 9.48. The molecular formula is C21H24FN5O3. The molecule has 2 heterocycles. The fourth-order valence-corrected chi connectivity index (χ4v) is 2.55. The van der Waals surface area contributed by atoms with Crippen molar-refractivity contribution in [2.45, 2.75) is 32.9 Å². The summed E-state index contributed by atoms with van der Waals surface area (Å²) in [6.07, 6.45) is 2.95. The Bertz CT molecular complexity index is 966. The molecule has 0 aliphatic rings. The highest BCUT2D eigenvalue weighted by atomic mass is 19.1. The van der Waals surface area contributed by atoms with Crippen LogP contribution in [0.25, 0.3) is 5.69 Å². The lowest BCUT2D eigenvalue weighted by Crippen LogP contribution is -2.24. The number of nitrogens with one attached hydrogen (secondary N) is 1. The van der Waals surface area contributed by atoms with Crippen molar-refractivity contribution in [1.29, 1.82) is 0 Å². The maximum Gasteiger partial charge on any atom is 0.253 e. The standard InChI is InChI=1S/C21H24FN5O3/c1-21(2,3)30-11-10-29-19-9-4-15(12-23-19)20(28)24-13-18-26-25-14-27(18)17-7-5-16(22)6-8-17/h4-9,12,14H,10-11,13H2,1-3H3,(H,24,28). The maximum absolute atomic E-state index is 13.1. The van der Waals surface area contributed by atoms with Gasteiger partial charge in [-0.25, -0.2) is 9.37 Å². The van der Waals surface area contributed by atoms with Gasteiger partial charge in [0.25, 0.3) is 5.91 Å². The monoisotopic (exact) mass is 413 g/mol. The van der Waals surface area contributed by atoms with Crippen LogP contribution in [0.4, 0.5) is 4.39 Å². The van der Waals surface area contributed by atoms with Gasteiger partial charge in [-0.2, -0.15) is 0 Å². The van der Waals surface area contributed by atoms with E-state index in [0.29, 0.717) is 36.2 Å². The number of benzene rings is 1. The van der Waals surface area contributed by atoms with Crippen LogP contribution in [-0.4, -0.2) is 44.5 Å². The Hall–Kier alpha value is -3.33. The Morgan fingerprint density at radius 3 is 2.57 bits per heavy atom. The predicted molar refractivity (Wildman–Crippen MR) is 108 cm³/mol. The van der Waals surface area contributed by atoms with E-state index in [9.17, 15) is 9.18 Å². The normalized spacial score (nSPS) is 11.3. The molecule has 1 amide bonds. The lowest BCUT2D eigenvalue weighted by Gasteiger charge is -2.19. The van der Waals surface area contributed by atoms with Crippen LogP contribution in [-0.2, 0) is 11.3 Å². The first-order valence-electron chi connectivity index (χ1n) is 9.48. The van der Waals surface area contributed by atoms with Crippen molar-refractivity contribution in [1.82, 2.24) is 25.1 Å². The molecule has 0 spiro atoms. The molecule has 8 nitrogen and oxygen atoms in total. The van der Waals surface area contributed by atoms with Crippen LogP contribution in [0.5, 0.6) is 5.88 Å². The minimum absolute atomic E-state index is 0.151. The van der Waals surface area contributed by atoms with Crippen LogP contribution in [0.1, 0.15) is 37.0 Å². The summed E-state index contributed by atoms with van der Waals surface area (Å²) in [7, 11) is 0. The Labute approximate surface area is 174 Å². The summed E-state index contributed by atoms with van der Waals surface area (Å²) in [6, 6.07) is 9.18. The minimum atomic E-state index is -0.330. The molecule has 0 radical (unpaired) electrons. The third kappa shape index (κ3) is 6.08. The molecule has 1 aromatic carbocycles. The largest absolute Gasteiger partial charge is 0.475 e. The van der Waals surface area contributed by atoms with Gasteiger partial charge in [0.15, 0.2) is 5.82 Å². The van der Waals surface area contributed by atoms with Crippen molar-refractivity contribution >= 4 is 5.91 Å². The number of hydrogen-bond acceptors (Lipinski definition) is 6. The highest BCUT2D eigenvalue weighted by molar-refractivity contribution is 5.93. The molecule has 158 valence electrons. The Kier molecular flexibility index (Phi) is 6.73. The molecule has 3 rings (SSSR count). The van der Waals surface area contributed by atoms with E-state index in [0.717, 1.165) is 0 Å². The quantitative estimate of drug-likeness (QED) is 0.571. The number of amides is 1. The van der Waals surface area contributed by atoms with Crippen molar-refractivity contribution in [3.8, 4) is 11.6 Å². The molecule has 0 saturated carbocycles. The summed E-state index contributed by atoms with van der Waals surface area (Å²) in [5, 5.41) is 10.6. The van der Waals surface area contributed by atoms with Crippen LogP contribution < -0.4 is 10.1 Å². The Morgan fingerprint density at radius 1 is 1.13 bits per heavy atom. The van der Waals surface area contributed by atoms with E-state index in [4.69, 9.17) is 9.47 Å². The van der Waals surface area contributed by atoms with Gasteiger partial charge < -0.3 is 14.8 Å². The minimum Gasteiger partial charge on any atom is -0.475 e. The molecule has 0 fully saturated rings. The van der Waals surface area contributed by atoms with Gasteiger partial charge >= 0.3 is 0 Å². The number of ether oxygens (including phenoxy) is 2. The predicted octanol–water partition coefficient (Wildman–Crippen LogP) is 2.93. The van der Waals surface area contributed by atoms with Crippen molar-refractivity contribution in [3.63, 3.8) is 0 Å². The lowest BCUT2D eigenvalue weighted by molar-refractivity contribution is -0.0168. The number of carbonyl (C=O) groups is 1. The molecule has 0 bridgehead atoms. The lowest BCUT2D eigenvalue weighted by atomic mass is 10.2. The second kappa shape index (κ2) is 9.45. The zero-order valence-electron chi connectivity index (χ0n) is 17.1. The zero-order chi connectivity index (χ0) is 21.6. The van der Waals surface area contributed by atoms with E-state index < -0.39 is 0 Å². The van der Waals surface area contributed by atoms with Crippen LogP contribution >= 0.6 is 0 Å². The van der Waals surface area contributed by atoms with Gasteiger partial charge in [0.1, 0.15) is 18.8 Å². The van der Waals surface area contributed by atoms with Gasteiger partial charge in [-0.3, -0.25) is 9.36 Å². The SMILES string of the molecule is CC(C)(C)OCCOc1ccc(C(=O)NCc2nncn2-c2ccc(F)cc2)cn1. The maximum atomic E-state index is 13.1. The number of carbonyl (C=O) groups excluding carboxylic acids is 1. The van der Waals surface area contributed by atoms with Crippen molar-refractivity contribution in [2.24, 2.45) is 0 Å². The van der Waals surface area contributed by atoms with Gasteiger partial charge in [-0.15, -0.1) is 10.2 Å². The summed E-state index contributed by atoms with van der Waals surface area (Å²) in [4.78, 5) is 16.5. The van der Waals surface area contributed by atoms with Gasteiger partial charge in [0, 0.05) is 18.0 Å². The van der Waals surface area contributed by atoms with Gasteiger partial charge in [0.05, 0.1) is 24.3 Å². The first kappa shape index (κ1) is 21.4. The van der Waals surface area contributed by atoms with E-state index in [1.807, 2.05) is 20.8 Å². The van der Waals surface area contributed by atoms with Gasteiger partial charge in [-0.05, 0) is 51.1 Å². The summed E-state index contributed by atoms with van der Waals surface area (Å²) >= 11 is 0. The van der Waals surface area contributed by atoms with Gasteiger partial charge in [0.2, 0.25) is 5.88 Å². The molecule has 0 aliphatic heterocycles. The summed E-state index contributed by atoms with van der Waals surface area (Å²) in [6.45, 7) is 6.89. The van der Waals surface area contributed by atoms with Gasteiger partial charge in [-0.1, -0.05) is 0 Å². The number of rotatable bonds is 8. The van der Waals surface area contributed by atoms with Crippen LogP contribution in [0.3, 0.4) is 0 Å². The Balaban J connectivity index is 1.52. The number of pyridine rings is 1. The summed E-state index contributed by atoms with van der Waals surface area (Å²) < 4.78 is 25.9. The summed E-state index contributed by atoms with van der Waals surface area (Å²) in [5.74, 6) is 0.295. The molecule has 2 aromatic heterocycles. The fraction of sp³-hybridized carbons (Fsp3) is 0.333. The highest BCUT2D eigenvalue weighted by Crippen LogP contribution is 2.12. The van der Waals surface area contributed by atoms with E-state index in [2.05, 4.69) is 20.5 Å². The average Bonchev–Trinajstić information content (AvgIpc) is 3.18. The molecule has 9 heteroatoms. The first-order chi connectivity index (χ1) is 14.3. The third-order valence-corrected chi connectivity index (χ3v) is 4.00. The second-order valence-corrected chi connectivity index (χ2v) is 7.47. The fourth-order valence-electron chi connectivity index (χ4n) is 2.55. The average molecular weight is 413 g/mol. The van der Waals surface area contributed by atoms with Crippen molar-refractivity contribution in [3.05, 3.63) is 66.1 Å². The number of aromatic nitrogens is 4. The van der Waals surface area contributed by atoms with Crippen molar-refractivity contribution < 1.29 is 18.7 Å². The molecule has 1 N–H and O–H groups in total. The van der Waals surface area contributed by atoms with E-state index in [1.165, 1.54) is 24.7 Å². The molecule has 0 saturated heterocycles. The van der Waals surface area contributed by atoms with E-state index in [1.54, 1.807) is 28.8 Å². The van der Waals surface area contributed by atoms with Crippen LogP contribution in [0.15, 0.2) is 48.9 Å². The highest BCUT2D eigenvalue weighted by Gasteiger charge is 2.12. The molecule has 0 unspecified atom stereocenters. The molecular weight excluding hydrogens is 389 g/mol. The topological polar surface area (TPSA) is 91.2 Å². The molecule has 3 aromatic rings.